The molecule has 0 saturated carbocycles. The van der Waals surface area contributed by atoms with Crippen molar-refractivity contribution in [1.29, 1.82) is 0 Å². The predicted molar refractivity (Wildman–Crippen MR) is 79.3 cm³/mol. The highest BCUT2D eigenvalue weighted by molar-refractivity contribution is 9.10. The van der Waals surface area contributed by atoms with Crippen molar-refractivity contribution in [2.45, 2.75) is 13.8 Å². The van der Waals surface area contributed by atoms with Gasteiger partial charge in [-0.2, -0.15) is 4.37 Å². The zero-order valence-corrected chi connectivity index (χ0v) is 12.9. The van der Waals surface area contributed by atoms with Gasteiger partial charge in [0.05, 0.1) is 22.0 Å². The Morgan fingerprint density at radius 3 is 2.89 bits per heavy atom. The first-order valence-electron chi connectivity index (χ1n) is 5.18. The molecule has 0 fully saturated rings. The number of Topliss-reactive ketones (excluding diaryl/α,β-unsaturated/α-hetero) is 1. The normalized spacial score (nSPS) is 10.4. The van der Waals surface area contributed by atoms with Crippen LogP contribution in [-0.4, -0.2) is 10.2 Å². The number of carbonyl (C=O) groups is 1. The third-order valence-electron chi connectivity index (χ3n) is 2.39. The van der Waals surface area contributed by atoms with Crippen molar-refractivity contribution in [2.24, 2.45) is 0 Å². The number of hydrogen-bond donors (Lipinski definition) is 1. The molecule has 0 aliphatic carbocycles. The minimum Gasteiger partial charge on any atom is -0.344 e. The van der Waals surface area contributed by atoms with Crippen LogP contribution in [0.4, 0.5) is 10.7 Å². The van der Waals surface area contributed by atoms with Crippen LogP contribution in [0, 0.1) is 6.92 Å². The molecule has 0 aliphatic heterocycles. The lowest BCUT2D eigenvalue weighted by atomic mass is 10.2. The van der Waals surface area contributed by atoms with Gasteiger partial charge in [-0.1, -0.05) is 27.5 Å². The standard InChI is InChI=1S/C12H10BrClN2OS/c1-6-11(7(2)17)12(18-16-6)15-10-5-8(13)3-4-9(10)14/h3-5,15H,1-2H3. The molecule has 0 spiro atoms. The maximum Gasteiger partial charge on any atom is 0.164 e. The molecule has 18 heavy (non-hydrogen) atoms. The van der Waals surface area contributed by atoms with Gasteiger partial charge in [0, 0.05) is 4.47 Å². The van der Waals surface area contributed by atoms with E-state index in [2.05, 4.69) is 25.6 Å². The van der Waals surface area contributed by atoms with E-state index in [9.17, 15) is 4.79 Å². The summed E-state index contributed by atoms with van der Waals surface area (Å²) in [5.41, 5.74) is 2.11. The summed E-state index contributed by atoms with van der Waals surface area (Å²) in [6, 6.07) is 5.51. The molecular formula is C12H10BrClN2OS. The van der Waals surface area contributed by atoms with E-state index >= 15 is 0 Å². The van der Waals surface area contributed by atoms with Crippen LogP contribution >= 0.6 is 39.1 Å². The van der Waals surface area contributed by atoms with Gasteiger partial charge in [-0.25, -0.2) is 0 Å². The Kier molecular flexibility index (Phi) is 4.04. The van der Waals surface area contributed by atoms with Crippen LogP contribution in [0.5, 0.6) is 0 Å². The van der Waals surface area contributed by atoms with E-state index in [0.717, 1.165) is 20.9 Å². The van der Waals surface area contributed by atoms with Gasteiger partial charge in [0.2, 0.25) is 0 Å². The van der Waals surface area contributed by atoms with Crippen molar-refractivity contribution >= 4 is 55.5 Å². The zero-order valence-electron chi connectivity index (χ0n) is 9.75. The van der Waals surface area contributed by atoms with Crippen LogP contribution in [0.1, 0.15) is 23.0 Å². The molecule has 0 bridgehead atoms. The van der Waals surface area contributed by atoms with Crippen LogP contribution in [0.25, 0.3) is 0 Å². The van der Waals surface area contributed by atoms with Gasteiger partial charge in [0.25, 0.3) is 0 Å². The summed E-state index contributed by atoms with van der Waals surface area (Å²) >= 11 is 10.7. The Morgan fingerprint density at radius 2 is 2.22 bits per heavy atom. The average Bonchev–Trinajstić information content (AvgIpc) is 2.65. The van der Waals surface area contributed by atoms with Crippen molar-refractivity contribution in [3.05, 3.63) is 39.0 Å². The minimum atomic E-state index is -0.00475. The summed E-state index contributed by atoms with van der Waals surface area (Å²) in [4.78, 5) is 11.6. The van der Waals surface area contributed by atoms with Gasteiger partial charge >= 0.3 is 0 Å². The van der Waals surface area contributed by atoms with Crippen molar-refractivity contribution in [2.75, 3.05) is 5.32 Å². The lowest BCUT2D eigenvalue weighted by Gasteiger charge is -2.08. The second kappa shape index (κ2) is 5.38. The Hall–Kier alpha value is -0.910. The first-order chi connectivity index (χ1) is 8.49. The number of carbonyl (C=O) groups excluding carboxylic acids is 1. The minimum absolute atomic E-state index is 0.00475. The largest absolute Gasteiger partial charge is 0.344 e. The molecule has 0 aliphatic rings. The topological polar surface area (TPSA) is 42.0 Å². The van der Waals surface area contributed by atoms with E-state index in [1.54, 1.807) is 6.07 Å². The molecule has 2 rings (SSSR count). The number of benzene rings is 1. The van der Waals surface area contributed by atoms with Gasteiger partial charge in [0.1, 0.15) is 5.00 Å². The molecule has 0 atom stereocenters. The Bertz CT molecular complexity index is 612. The Balaban J connectivity index is 2.40. The molecule has 0 unspecified atom stereocenters. The van der Waals surface area contributed by atoms with Crippen molar-refractivity contribution in [3.63, 3.8) is 0 Å². The van der Waals surface area contributed by atoms with Crippen molar-refractivity contribution in [3.8, 4) is 0 Å². The van der Waals surface area contributed by atoms with Gasteiger partial charge in [0.15, 0.2) is 5.78 Å². The fourth-order valence-electron chi connectivity index (χ4n) is 1.59. The number of nitrogens with zero attached hydrogens (tertiary/aromatic N) is 1. The maximum absolute atomic E-state index is 11.6. The molecular weight excluding hydrogens is 336 g/mol. The van der Waals surface area contributed by atoms with E-state index in [0.29, 0.717) is 10.6 Å². The number of hydrogen-bond acceptors (Lipinski definition) is 4. The maximum atomic E-state index is 11.6. The summed E-state index contributed by atoms with van der Waals surface area (Å²) in [5, 5.41) is 4.48. The first-order valence-corrected chi connectivity index (χ1v) is 7.12. The summed E-state index contributed by atoms with van der Waals surface area (Å²) in [5.74, 6) is -0.00475. The highest BCUT2D eigenvalue weighted by atomic mass is 79.9. The number of aromatic nitrogens is 1. The molecule has 6 heteroatoms. The van der Waals surface area contributed by atoms with Crippen LogP contribution in [0.15, 0.2) is 22.7 Å². The number of rotatable bonds is 3. The highest BCUT2D eigenvalue weighted by Gasteiger charge is 2.15. The summed E-state index contributed by atoms with van der Waals surface area (Å²) in [7, 11) is 0. The van der Waals surface area contributed by atoms with Crippen molar-refractivity contribution < 1.29 is 4.79 Å². The third-order valence-corrected chi connectivity index (χ3v) is 4.07. The summed E-state index contributed by atoms with van der Waals surface area (Å²) in [6.45, 7) is 3.35. The first kappa shape index (κ1) is 13.5. The third kappa shape index (κ3) is 2.74. The summed E-state index contributed by atoms with van der Waals surface area (Å²) in [6.07, 6.45) is 0. The Morgan fingerprint density at radius 1 is 1.50 bits per heavy atom. The molecule has 0 radical (unpaired) electrons. The van der Waals surface area contributed by atoms with E-state index in [4.69, 9.17) is 11.6 Å². The number of anilines is 2. The highest BCUT2D eigenvalue weighted by Crippen LogP contribution is 2.33. The van der Waals surface area contributed by atoms with Crippen LogP contribution in [0.2, 0.25) is 5.02 Å². The molecule has 0 saturated heterocycles. The van der Waals surface area contributed by atoms with E-state index in [1.807, 2.05) is 19.1 Å². The molecule has 1 aromatic carbocycles. The average molecular weight is 346 g/mol. The number of aryl methyl sites for hydroxylation is 1. The number of ketones is 1. The lowest BCUT2D eigenvalue weighted by Crippen LogP contribution is -1.99. The molecule has 0 amide bonds. The van der Waals surface area contributed by atoms with Crippen molar-refractivity contribution in [1.82, 2.24) is 4.37 Å². The van der Waals surface area contributed by atoms with Crippen LogP contribution in [-0.2, 0) is 0 Å². The van der Waals surface area contributed by atoms with Gasteiger partial charge in [-0.05, 0) is 43.6 Å². The SMILES string of the molecule is CC(=O)c1c(C)nsc1Nc1cc(Br)ccc1Cl. The summed E-state index contributed by atoms with van der Waals surface area (Å²) < 4.78 is 5.11. The monoisotopic (exact) mass is 344 g/mol. The second-order valence-corrected chi connectivity index (χ2v) is 5.87. The number of nitrogens with one attached hydrogen (secondary N) is 1. The smallest absolute Gasteiger partial charge is 0.164 e. The zero-order chi connectivity index (χ0) is 13.3. The van der Waals surface area contributed by atoms with E-state index < -0.39 is 0 Å². The molecule has 1 N–H and O–H groups in total. The van der Waals surface area contributed by atoms with Crippen LogP contribution in [0.3, 0.4) is 0 Å². The van der Waals surface area contributed by atoms with Crippen LogP contribution < -0.4 is 5.32 Å². The predicted octanol–water partition coefficient (Wildman–Crippen LogP) is 4.81. The van der Waals surface area contributed by atoms with Gasteiger partial charge < -0.3 is 5.32 Å². The number of halogens is 2. The molecule has 2 aromatic rings. The van der Waals surface area contributed by atoms with Gasteiger partial charge in [-0.3, -0.25) is 4.79 Å². The fourth-order valence-corrected chi connectivity index (χ4v) is 2.97. The molecule has 3 nitrogen and oxygen atoms in total. The fraction of sp³-hybridized carbons (Fsp3) is 0.167. The quantitative estimate of drug-likeness (QED) is 0.811. The lowest BCUT2D eigenvalue weighted by molar-refractivity contribution is 0.101. The second-order valence-electron chi connectivity index (χ2n) is 3.78. The molecule has 1 heterocycles. The molecule has 94 valence electrons. The van der Waals surface area contributed by atoms with E-state index in [-0.39, 0.29) is 5.78 Å². The Labute approximate surface area is 122 Å². The molecule has 1 aromatic heterocycles. The van der Waals surface area contributed by atoms with Gasteiger partial charge in [-0.15, -0.1) is 0 Å². The van der Waals surface area contributed by atoms with E-state index in [1.165, 1.54) is 18.5 Å².